The molecular formula is C26H35NO4. The molecule has 1 unspecified atom stereocenters. The Morgan fingerprint density at radius 1 is 1.23 bits per heavy atom. The molecule has 1 fully saturated rings. The molecule has 0 aromatic heterocycles. The number of hydrogen-bond acceptors (Lipinski definition) is 5. The Balaban J connectivity index is 1.70. The van der Waals surface area contributed by atoms with Gasteiger partial charge in [0.15, 0.2) is 11.5 Å². The van der Waals surface area contributed by atoms with E-state index in [1.807, 2.05) is 42.5 Å². The topological polar surface area (TPSA) is 51.2 Å². The van der Waals surface area contributed by atoms with Gasteiger partial charge in [0.1, 0.15) is 0 Å². The van der Waals surface area contributed by atoms with E-state index in [0.29, 0.717) is 24.5 Å². The summed E-state index contributed by atoms with van der Waals surface area (Å²) < 4.78 is 67.4. The zero-order chi connectivity index (χ0) is 27.0. The van der Waals surface area contributed by atoms with Crippen LogP contribution < -0.4 is 9.47 Å². The van der Waals surface area contributed by atoms with Crippen molar-refractivity contribution in [2.24, 2.45) is 11.8 Å². The number of benzene rings is 2. The van der Waals surface area contributed by atoms with Crippen LogP contribution >= 0.6 is 0 Å². The number of nitrogens with zero attached hydrogens (tertiary/aromatic N) is 1. The fraction of sp³-hybridized carbons (Fsp3) is 0.538. The summed E-state index contributed by atoms with van der Waals surface area (Å²) in [6.07, 6.45) is -1.78. The van der Waals surface area contributed by atoms with Gasteiger partial charge >= 0.3 is 0 Å². The SMILES string of the molecule is [2H]OC([2H])([2H])C([2H])(C)C([2H])([2H])[C@H]1CN2CCc3cc(OC)c(OC)cc3[C@@H]2C[C@H]1OCc1ccccc1. The van der Waals surface area contributed by atoms with Gasteiger partial charge in [-0.05, 0) is 59.8 Å². The summed E-state index contributed by atoms with van der Waals surface area (Å²) in [5, 5.41) is 4.22. The van der Waals surface area contributed by atoms with Crippen LogP contribution in [0.1, 0.15) is 49.3 Å². The molecule has 0 aliphatic carbocycles. The van der Waals surface area contributed by atoms with E-state index in [0.717, 1.165) is 30.0 Å². The highest BCUT2D eigenvalue weighted by atomic mass is 16.5. The number of methoxy groups -OCH3 is 2. The van der Waals surface area contributed by atoms with Gasteiger partial charge < -0.3 is 19.3 Å². The molecule has 1 N–H and O–H groups in total. The van der Waals surface area contributed by atoms with Crippen molar-refractivity contribution in [2.75, 3.05) is 33.9 Å². The summed E-state index contributed by atoms with van der Waals surface area (Å²) in [6.45, 7) is -0.449. The van der Waals surface area contributed by atoms with Crippen LogP contribution in [-0.4, -0.2) is 51.4 Å². The van der Waals surface area contributed by atoms with E-state index in [2.05, 4.69) is 10.0 Å². The Bertz CT molecular complexity index is 1080. The summed E-state index contributed by atoms with van der Waals surface area (Å²) in [6, 6.07) is 13.5. The lowest BCUT2D eigenvalue weighted by molar-refractivity contribution is -0.0729. The maximum absolute atomic E-state index is 9.00. The molecule has 0 saturated carbocycles. The van der Waals surface area contributed by atoms with Crippen molar-refractivity contribution in [1.82, 2.24) is 4.90 Å². The third-order valence-electron chi connectivity index (χ3n) is 6.31. The fourth-order valence-electron chi connectivity index (χ4n) is 4.74. The van der Waals surface area contributed by atoms with Crippen molar-refractivity contribution in [3.8, 4) is 11.5 Å². The van der Waals surface area contributed by atoms with E-state index in [9.17, 15) is 0 Å². The lowest BCUT2D eigenvalue weighted by atomic mass is 9.79. The van der Waals surface area contributed by atoms with Crippen LogP contribution in [0, 0.1) is 11.8 Å². The highest BCUT2D eigenvalue weighted by molar-refractivity contribution is 5.49. The van der Waals surface area contributed by atoms with E-state index < -0.39 is 30.8 Å². The zero-order valence-electron chi connectivity index (χ0n) is 24.4. The number of aliphatic hydroxyl groups is 1. The molecule has 0 radical (unpaired) electrons. The molecule has 168 valence electrons. The average molecular weight is 432 g/mol. The first-order chi connectivity index (χ1) is 17.5. The van der Waals surface area contributed by atoms with Crippen molar-refractivity contribution in [3.63, 3.8) is 0 Å². The second-order valence-electron chi connectivity index (χ2n) is 8.22. The zero-order valence-corrected chi connectivity index (χ0v) is 18.4. The maximum Gasteiger partial charge on any atom is 0.210 e. The van der Waals surface area contributed by atoms with Crippen LogP contribution in [0.15, 0.2) is 42.5 Å². The Morgan fingerprint density at radius 2 is 2.00 bits per heavy atom. The summed E-state index contributed by atoms with van der Waals surface area (Å²) >= 11 is 0. The van der Waals surface area contributed by atoms with Gasteiger partial charge in [0.05, 0.1) is 29.7 Å². The first kappa shape index (κ1) is 15.7. The van der Waals surface area contributed by atoms with Gasteiger partial charge in [0.25, 0.3) is 0 Å². The van der Waals surface area contributed by atoms with E-state index in [1.165, 1.54) is 0 Å². The first-order valence-electron chi connectivity index (χ1n) is 13.7. The molecule has 0 amide bonds. The fourth-order valence-corrected chi connectivity index (χ4v) is 4.74. The minimum Gasteiger partial charge on any atom is -0.493 e. The van der Waals surface area contributed by atoms with Gasteiger partial charge in [-0.2, -0.15) is 0 Å². The van der Waals surface area contributed by atoms with E-state index in [4.69, 9.17) is 22.5 Å². The molecule has 4 rings (SSSR count). The van der Waals surface area contributed by atoms with Crippen LogP contribution in [0.2, 0.25) is 0 Å². The largest absolute Gasteiger partial charge is 0.493 e. The second kappa shape index (κ2) is 10.0. The summed E-state index contributed by atoms with van der Waals surface area (Å²) in [7, 11) is 3.21. The predicted molar refractivity (Wildman–Crippen MR) is 122 cm³/mol. The van der Waals surface area contributed by atoms with Crippen molar-refractivity contribution in [3.05, 3.63) is 59.2 Å². The smallest absolute Gasteiger partial charge is 0.210 e. The molecule has 2 heterocycles. The standard InChI is InChI=1S/C26H35NO4/c1-18(16-28)11-21-15-27-10-9-20-12-25(29-2)26(30-3)13-22(20)23(27)14-24(21)31-17-19-7-5-4-6-8-19/h4-8,12-13,18,21,23-24,28H,9-11,14-17H2,1-3H3/t18?,21-,23-,24+/m0/s1/i11D2,16D2,18D,28D. The molecule has 4 atom stereocenters. The number of fused-ring (bicyclic) bond motifs is 3. The minimum atomic E-state index is -2.82. The summed E-state index contributed by atoms with van der Waals surface area (Å²) in [5.41, 5.74) is 3.17. The lowest BCUT2D eigenvalue weighted by Gasteiger charge is -2.47. The first-order valence-corrected chi connectivity index (χ1v) is 10.8. The third-order valence-corrected chi connectivity index (χ3v) is 6.31. The van der Waals surface area contributed by atoms with Crippen LogP contribution in [0.3, 0.4) is 0 Å². The van der Waals surface area contributed by atoms with Gasteiger partial charge in [0.2, 0.25) is 1.43 Å². The third kappa shape index (κ3) is 4.89. The molecule has 0 bridgehead atoms. The van der Waals surface area contributed by atoms with Crippen molar-refractivity contribution < 1.29 is 26.2 Å². The number of piperidine rings is 1. The molecule has 2 aromatic carbocycles. The van der Waals surface area contributed by atoms with E-state index >= 15 is 0 Å². The van der Waals surface area contributed by atoms with Gasteiger partial charge in [-0.15, -0.1) is 0 Å². The van der Waals surface area contributed by atoms with Crippen LogP contribution in [0.4, 0.5) is 0 Å². The van der Waals surface area contributed by atoms with Crippen LogP contribution in [-0.2, 0) is 17.8 Å². The molecule has 5 heteroatoms. The number of hydrogen-bond donors (Lipinski definition) is 1. The Kier molecular flexibility index (Phi) is 5.07. The second-order valence-corrected chi connectivity index (χ2v) is 8.22. The number of rotatable bonds is 9. The highest BCUT2D eigenvalue weighted by Crippen LogP contribution is 2.44. The number of ether oxygens (including phenoxy) is 3. The molecule has 2 aromatic rings. The quantitative estimate of drug-likeness (QED) is 0.644. The molecule has 0 spiro atoms. The Hall–Kier alpha value is -2.08. The van der Waals surface area contributed by atoms with E-state index in [-0.39, 0.29) is 19.2 Å². The monoisotopic (exact) mass is 431 g/mol. The van der Waals surface area contributed by atoms with E-state index in [1.54, 1.807) is 14.2 Å². The molecule has 1 saturated heterocycles. The minimum absolute atomic E-state index is 0.0578. The molecule has 31 heavy (non-hydrogen) atoms. The van der Waals surface area contributed by atoms with Gasteiger partial charge in [0, 0.05) is 29.8 Å². The normalized spacial score (nSPS) is 28.9. The molecule has 5 nitrogen and oxygen atoms in total. The highest BCUT2D eigenvalue weighted by Gasteiger charge is 2.40. The summed E-state index contributed by atoms with van der Waals surface area (Å²) in [5.74, 6) is -1.90. The maximum atomic E-state index is 9.00. The van der Waals surface area contributed by atoms with Crippen molar-refractivity contribution >= 4 is 0 Å². The molecule has 2 aliphatic heterocycles. The van der Waals surface area contributed by atoms with Gasteiger partial charge in [-0.1, -0.05) is 37.3 Å². The van der Waals surface area contributed by atoms with Gasteiger partial charge in [-0.25, -0.2) is 0 Å². The van der Waals surface area contributed by atoms with Crippen LogP contribution in [0.25, 0.3) is 0 Å². The molecule has 2 aliphatic rings. The molecular weight excluding hydrogens is 390 g/mol. The lowest BCUT2D eigenvalue weighted by Crippen LogP contribution is -2.49. The Labute approximate surface area is 194 Å². The Morgan fingerprint density at radius 3 is 2.74 bits per heavy atom. The van der Waals surface area contributed by atoms with Gasteiger partial charge in [-0.3, -0.25) is 4.90 Å². The summed E-state index contributed by atoms with van der Waals surface area (Å²) in [4.78, 5) is 2.19. The predicted octanol–water partition coefficient (Wildman–Crippen LogP) is 4.23. The average Bonchev–Trinajstić information content (AvgIpc) is 2.90. The van der Waals surface area contributed by atoms with Crippen molar-refractivity contribution in [2.45, 2.75) is 44.9 Å². The van der Waals surface area contributed by atoms with Crippen LogP contribution in [0.5, 0.6) is 11.5 Å². The van der Waals surface area contributed by atoms with Crippen molar-refractivity contribution in [1.29, 1.82) is 1.43 Å².